The van der Waals surface area contributed by atoms with E-state index in [1.807, 2.05) is 13.8 Å². The third kappa shape index (κ3) is 2.43. The van der Waals surface area contributed by atoms with Gasteiger partial charge in [0, 0.05) is 6.04 Å². The Morgan fingerprint density at radius 3 is 2.38 bits per heavy atom. The van der Waals surface area contributed by atoms with E-state index in [4.69, 9.17) is 0 Å². The molecule has 2 heteroatoms. The van der Waals surface area contributed by atoms with Crippen LogP contribution in [-0.4, -0.2) is 18.3 Å². The topological polar surface area (TPSA) is 12.0 Å². The molecule has 1 rings (SSSR count). The lowest BCUT2D eigenvalue weighted by Gasteiger charge is -2.39. The standard InChI is InChI=1S/C11H22FN/c1-8(2)10-7-11(12,9(3)4)5-6-13-10/h8-10,13H,5-7H2,1-4H3. The van der Waals surface area contributed by atoms with E-state index in [-0.39, 0.29) is 5.92 Å². The van der Waals surface area contributed by atoms with Crippen molar-refractivity contribution in [2.45, 2.75) is 52.2 Å². The first-order chi connectivity index (χ1) is 5.96. The van der Waals surface area contributed by atoms with Crippen LogP contribution in [0.25, 0.3) is 0 Å². The average Bonchev–Trinajstić information content (AvgIpc) is 2.04. The van der Waals surface area contributed by atoms with Gasteiger partial charge in [-0.05, 0) is 31.2 Å². The second-order valence-corrected chi connectivity index (χ2v) is 4.95. The number of hydrogen-bond donors (Lipinski definition) is 1. The normalized spacial score (nSPS) is 35.8. The van der Waals surface area contributed by atoms with Crippen LogP contribution in [-0.2, 0) is 0 Å². The van der Waals surface area contributed by atoms with Crippen molar-refractivity contribution < 1.29 is 4.39 Å². The molecule has 13 heavy (non-hydrogen) atoms. The summed E-state index contributed by atoms with van der Waals surface area (Å²) >= 11 is 0. The largest absolute Gasteiger partial charge is 0.313 e. The average molecular weight is 187 g/mol. The first-order valence-electron chi connectivity index (χ1n) is 5.38. The molecule has 78 valence electrons. The van der Waals surface area contributed by atoms with Crippen LogP contribution in [0.2, 0.25) is 0 Å². The van der Waals surface area contributed by atoms with Crippen molar-refractivity contribution in [3.63, 3.8) is 0 Å². The molecule has 1 aliphatic rings. The molecular formula is C11H22FN. The quantitative estimate of drug-likeness (QED) is 0.701. The Balaban J connectivity index is 2.60. The zero-order valence-corrected chi connectivity index (χ0v) is 9.23. The predicted molar refractivity (Wildman–Crippen MR) is 54.5 cm³/mol. The second-order valence-electron chi connectivity index (χ2n) is 4.95. The van der Waals surface area contributed by atoms with Crippen molar-refractivity contribution in [3.05, 3.63) is 0 Å². The highest BCUT2D eigenvalue weighted by molar-refractivity contribution is 4.93. The highest BCUT2D eigenvalue weighted by atomic mass is 19.1. The smallest absolute Gasteiger partial charge is 0.116 e. The minimum absolute atomic E-state index is 0.149. The Labute approximate surface area is 81.1 Å². The third-order valence-electron chi connectivity index (χ3n) is 3.35. The molecule has 0 saturated carbocycles. The van der Waals surface area contributed by atoms with E-state index < -0.39 is 5.67 Å². The number of hydrogen-bond acceptors (Lipinski definition) is 1. The Hall–Kier alpha value is -0.110. The molecule has 1 aliphatic heterocycles. The zero-order valence-electron chi connectivity index (χ0n) is 9.23. The molecule has 0 amide bonds. The Morgan fingerprint density at radius 2 is 1.92 bits per heavy atom. The highest BCUT2D eigenvalue weighted by Crippen LogP contribution is 2.35. The summed E-state index contributed by atoms with van der Waals surface area (Å²) < 4.78 is 14.3. The van der Waals surface area contributed by atoms with E-state index in [2.05, 4.69) is 19.2 Å². The van der Waals surface area contributed by atoms with Gasteiger partial charge in [-0.2, -0.15) is 0 Å². The number of halogens is 1. The first-order valence-corrected chi connectivity index (χ1v) is 5.38. The second kappa shape index (κ2) is 3.95. The van der Waals surface area contributed by atoms with E-state index in [0.29, 0.717) is 24.8 Å². The molecular weight excluding hydrogens is 165 g/mol. The van der Waals surface area contributed by atoms with Crippen molar-refractivity contribution in [2.24, 2.45) is 11.8 Å². The van der Waals surface area contributed by atoms with Gasteiger partial charge in [0.1, 0.15) is 5.67 Å². The van der Waals surface area contributed by atoms with Crippen molar-refractivity contribution in [1.82, 2.24) is 5.32 Å². The van der Waals surface area contributed by atoms with E-state index in [1.165, 1.54) is 0 Å². The van der Waals surface area contributed by atoms with Gasteiger partial charge in [-0.3, -0.25) is 0 Å². The van der Waals surface area contributed by atoms with Gasteiger partial charge in [-0.15, -0.1) is 0 Å². The summed E-state index contributed by atoms with van der Waals surface area (Å²) in [4.78, 5) is 0. The molecule has 0 spiro atoms. The van der Waals surface area contributed by atoms with Gasteiger partial charge in [-0.25, -0.2) is 4.39 Å². The molecule has 0 aromatic heterocycles. The maximum Gasteiger partial charge on any atom is 0.116 e. The van der Waals surface area contributed by atoms with Gasteiger partial charge in [0.15, 0.2) is 0 Å². The van der Waals surface area contributed by atoms with E-state index in [1.54, 1.807) is 0 Å². The van der Waals surface area contributed by atoms with Gasteiger partial charge < -0.3 is 5.32 Å². The van der Waals surface area contributed by atoms with Crippen LogP contribution in [0, 0.1) is 11.8 Å². The number of piperidine rings is 1. The van der Waals surface area contributed by atoms with Crippen LogP contribution >= 0.6 is 0 Å². The summed E-state index contributed by atoms with van der Waals surface area (Å²) in [6.45, 7) is 9.12. The van der Waals surface area contributed by atoms with E-state index in [0.717, 1.165) is 6.54 Å². The molecule has 0 aliphatic carbocycles. The third-order valence-corrected chi connectivity index (χ3v) is 3.35. The summed E-state index contributed by atoms with van der Waals surface area (Å²) in [6.07, 6.45) is 1.36. The van der Waals surface area contributed by atoms with Crippen LogP contribution in [0.15, 0.2) is 0 Å². The Bertz CT molecular complexity index is 167. The van der Waals surface area contributed by atoms with Gasteiger partial charge in [0.05, 0.1) is 0 Å². The van der Waals surface area contributed by atoms with E-state index >= 15 is 0 Å². The monoisotopic (exact) mass is 187 g/mol. The SMILES string of the molecule is CC(C)C1CC(F)(C(C)C)CCN1. The van der Waals surface area contributed by atoms with Crippen molar-refractivity contribution >= 4 is 0 Å². The number of nitrogens with one attached hydrogen (secondary N) is 1. The van der Waals surface area contributed by atoms with Crippen molar-refractivity contribution in [2.75, 3.05) is 6.54 Å². The summed E-state index contributed by atoms with van der Waals surface area (Å²) in [5.41, 5.74) is -0.930. The molecule has 1 fully saturated rings. The molecule has 2 unspecified atom stereocenters. The summed E-state index contributed by atoms with van der Waals surface area (Å²) in [7, 11) is 0. The van der Waals surface area contributed by atoms with Crippen LogP contribution in [0.4, 0.5) is 4.39 Å². The van der Waals surface area contributed by atoms with E-state index in [9.17, 15) is 4.39 Å². The molecule has 1 N–H and O–H groups in total. The van der Waals surface area contributed by atoms with Gasteiger partial charge in [0.2, 0.25) is 0 Å². The van der Waals surface area contributed by atoms with Crippen molar-refractivity contribution in [3.8, 4) is 0 Å². The van der Waals surface area contributed by atoms with Crippen LogP contribution < -0.4 is 5.32 Å². The molecule has 1 heterocycles. The minimum Gasteiger partial charge on any atom is -0.313 e. The van der Waals surface area contributed by atoms with Crippen LogP contribution in [0.3, 0.4) is 0 Å². The minimum atomic E-state index is -0.930. The predicted octanol–water partition coefficient (Wildman–Crippen LogP) is 2.76. The lowest BCUT2D eigenvalue weighted by Crippen LogP contribution is -2.50. The number of rotatable bonds is 2. The van der Waals surface area contributed by atoms with Crippen LogP contribution in [0.5, 0.6) is 0 Å². The maximum absolute atomic E-state index is 14.3. The molecule has 1 saturated heterocycles. The highest BCUT2D eigenvalue weighted by Gasteiger charge is 2.39. The lowest BCUT2D eigenvalue weighted by molar-refractivity contribution is 0.0349. The fourth-order valence-electron chi connectivity index (χ4n) is 2.00. The summed E-state index contributed by atoms with van der Waals surface area (Å²) in [6, 6.07) is 0.362. The van der Waals surface area contributed by atoms with Gasteiger partial charge in [-0.1, -0.05) is 27.7 Å². The number of alkyl halides is 1. The molecule has 2 atom stereocenters. The Morgan fingerprint density at radius 1 is 1.31 bits per heavy atom. The fraction of sp³-hybridized carbons (Fsp3) is 1.00. The molecule has 1 nitrogen and oxygen atoms in total. The van der Waals surface area contributed by atoms with Crippen LogP contribution in [0.1, 0.15) is 40.5 Å². The summed E-state index contributed by atoms with van der Waals surface area (Å²) in [5, 5.41) is 3.39. The first kappa shape index (κ1) is 11.0. The molecule has 0 aromatic rings. The maximum atomic E-state index is 14.3. The van der Waals surface area contributed by atoms with Gasteiger partial charge in [0.25, 0.3) is 0 Å². The molecule has 0 bridgehead atoms. The zero-order chi connectivity index (χ0) is 10.1. The molecule has 0 radical (unpaired) electrons. The molecule has 0 aromatic carbocycles. The van der Waals surface area contributed by atoms with Crippen molar-refractivity contribution in [1.29, 1.82) is 0 Å². The lowest BCUT2D eigenvalue weighted by atomic mass is 9.78. The fourth-order valence-corrected chi connectivity index (χ4v) is 2.00. The van der Waals surface area contributed by atoms with Gasteiger partial charge >= 0.3 is 0 Å². The Kier molecular flexibility index (Phi) is 3.33. The summed E-state index contributed by atoms with van der Waals surface area (Å²) in [5.74, 6) is 0.685.